The summed E-state index contributed by atoms with van der Waals surface area (Å²) in [6.07, 6.45) is -1.64. The molecule has 1 atom stereocenters. The Morgan fingerprint density at radius 1 is 0.943 bits per heavy atom. The number of hydrogen-bond donors (Lipinski definition) is 2. The zero-order valence-electron chi connectivity index (χ0n) is 19.4. The van der Waals surface area contributed by atoms with Crippen molar-refractivity contribution in [3.05, 3.63) is 70.8 Å². The van der Waals surface area contributed by atoms with E-state index in [2.05, 4.69) is 10.6 Å². The zero-order valence-corrected chi connectivity index (χ0v) is 19.4. The van der Waals surface area contributed by atoms with Crippen molar-refractivity contribution < 1.29 is 27.6 Å². The molecule has 1 aliphatic carbocycles. The van der Waals surface area contributed by atoms with Gasteiger partial charge in [0, 0.05) is 30.3 Å². The normalized spacial score (nSPS) is 17.5. The van der Waals surface area contributed by atoms with Crippen molar-refractivity contribution in [3.63, 3.8) is 0 Å². The number of alkyl halides is 3. The Hall–Kier alpha value is -3.36. The number of rotatable bonds is 6. The second-order valence-electron chi connectivity index (χ2n) is 9.31. The third kappa shape index (κ3) is 6.21. The summed E-state index contributed by atoms with van der Waals surface area (Å²) in [6, 6.07) is 10.7. The average molecular weight is 488 g/mol. The third-order valence-corrected chi connectivity index (χ3v) is 6.53. The van der Waals surface area contributed by atoms with Crippen molar-refractivity contribution in [1.29, 1.82) is 0 Å². The van der Waals surface area contributed by atoms with E-state index in [-0.39, 0.29) is 35.2 Å². The number of nitrogens with zero attached hydrogens (tertiary/aromatic N) is 1. The topological polar surface area (TPSA) is 78.5 Å². The number of likely N-dealkylation sites (tertiary alicyclic amines) is 1. The second kappa shape index (κ2) is 10.1. The van der Waals surface area contributed by atoms with Crippen LogP contribution in [0.3, 0.4) is 0 Å². The molecular weight excluding hydrogens is 459 g/mol. The van der Waals surface area contributed by atoms with Gasteiger partial charge in [-0.3, -0.25) is 14.4 Å². The molecule has 2 aromatic rings. The Morgan fingerprint density at radius 2 is 1.60 bits per heavy atom. The first-order valence-electron chi connectivity index (χ1n) is 11.8. The highest BCUT2D eigenvalue weighted by molar-refractivity contribution is 5.98. The molecule has 0 aromatic heterocycles. The number of carbonyl (C=O) groups excluding carboxylic acids is 3. The molecule has 0 radical (unpaired) electrons. The van der Waals surface area contributed by atoms with Crippen LogP contribution in [-0.4, -0.2) is 47.8 Å². The van der Waals surface area contributed by atoms with E-state index >= 15 is 0 Å². The van der Waals surface area contributed by atoms with Crippen LogP contribution in [0.1, 0.15) is 57.5 Å². The molecule has 2 aromatic carbocycles. The molecule has 1 saturated heterocycles. The summed E-state index contributed by atoms with van der Waals surface area (Å²) in [5.74, 6) is -1.06. The minimum atomic E-state index is -4.46. The maximum atomic E-state index is 13.0. The van der Waals surface area contributed by atoms with Crippen LogP contribution in [0.25, 0.3) is 0 Å². The van der Waals surface area contributed by atoms with Gasteiger partial charge >= 0.3 is 6.18 Å². The van der Waals surface area contributed by atoms with E-state index in [1.807, 2.05) is 13.0 Å². The molecule has 4 rings (SSSR count). The van der Waals surface area contributed by atoms with Crippen molar-refractivity contribution in [2.75, 3.05) is 13.1 Å². The van der Waals surface area contributed by atoms with Crippen molar-refractivity contribution in [1.82, 2.24) is 15.5 Å². The summed E-state index contributed by atoms with van der Waals surface area (Å²) in [6.45, 7) is 2.58. The predicted octanol–water partition coefficient (Wildman–Crippen LogP) is 3.94. The quantitative estimate of drug-likeness (QED) is 0.648. The monoisotopic (exact) mass is 487 g/mol. The molecule has 1 saturated carbocycles. The van der Waals surface area contributed by atoms with Gasteiger partial charge in [0.05, 0.1) is 5.56 Å². The van der Waals surface area contributed by atoms with Gasteiger partial charge in [0.1, 0.15) is 6.04 Å². The fraction of sp³-hybridized carbons (Fsp3) is 0.423. The summed E-state index contributed by atoms with van der Waals surface area (Å²) in [5, 5.41) is 5.87. The van der Waals surface area contributed by atoms with Gasteiger partial charge in [0.25, 0.3) is 11.8 Å². The Bertz CT molecular complexity index is 1090. The lowest BCUT2D eigenvalue weighted by Gasteiger charge is -2.36. The number of carbonyl (C=O) groups is 3. The highest BCUT2D eigenvalue weighted by Gasteiger charge is 2.36. The van der Waals surface area contributed by atoms with E-state index in [0.717, 1.165) is 30.5 Å². The molecule has 2 aliphatic rings. The smallest absolute Gasteiger partial charge is 0.352 e. The number of benzene rings is 2. The first-order chi connectivity index (χ1) is 16.6. The molecule has 1 aliphatic heterocycles. The van der Waals surface area contributed by atoms with Crippen LogP contribution in [-0.2, 0) is 11.0 Å². The lowest BCUT2D eigenvalue weighted by molar-refractivity contribution is -0.137. The second-order valence-corrected chi connectivity index (χ2v) is 9.31. The first-order valence-corrected chi connectivity index (χ1v) is 11.8. The van der Waals surface area contributed by atoms with Crippen LogP contribution in [0.4, 0.5) is 13.2 Å². The van der Waals surface area contributed by atoms with Crippen molar-refractivity contribution in [3.8, 4) is 0 Å². The van der Waals surface area contributed by atoms with E-state index in [0.29, 0.717) is 31.5 Å². The molecular formula is C26H28F3N3O3. The summed E-state index contributed by atoms with van der Waals surface area (Å²) in [5.41, 5.74) is 0.796. The van der Waals surface area contributed by atoms with E-state index in [1.54, 1.807) is 23.1 Å². The van der Waals surface area contributed by atoms with Crippen molar-refractivity contribution >= 4 is 17.7 Å². The molecule has 0 bridgehead atoms. The van der Waals surface area contributed by atoms with E-state index in [4.69, 9.17) is 0 Å². The van der Waals surface area contributed by atoms with E-state index in [9.17, 15) is 27.6 Å². The maximum absolute atomic E-state index is 13.0. The average Bonchev–Trinajstić information content (AvgIpc) is 3.65. The largest absolute Gasteiger partial charge is 0.416 e. The van der Waals surface area contributed by atoms with E-state index in [1.165, 1.54) is 12.1 Å². The number of amides is 3. The van der Waals surface area contributed by atoms with Crippen LogP contribution >= 0.6 is 0 Å². The van der Waals surface area contributed by atoms with Gasteiger partial charge in [-0.2, -0.15) is 13.2 Å². The summed E-state index contributed by atoms with van der Waals surface area (Å²) >= 11 is 0. The number of aryl methyl sites for hydroxylation is 1. The molecule has 35 heavy (non-hydrogen) atoms. The van der Waals surface area contributed by atoms with Gasteiger partial charge in [0.15, 0.2) is 0 Å². The third-order valence-electron chi connectivity index (χ3n) is 6.53. The van der Waals surface area contributed by atoms with Crippen LogP contribution in [0.5, 0.6) is 0 Å². The molecule has 186 valence electrons. The molecule has 3 amide bonds. The maximum Gasteiger partial charge on any atom is 0.416 e. The molecule has 6 nitrogen and oxygen atoms in total. The highest BCUT2D eigenvalue weighted by atomic mass is 19.4. The first kappa shape index (κ1) is 24.8. The summed E-state index contributed by atoms with van der Waals surface area (Å²) < 4.78 is 38.4. The lowest BCUT2D eigenvalue weighted by atomic mass is 9.88. The minimum absolute atomic E-state index is 0.141. The Kier molecular flexibility index (Phi) is 7.14. The Morgan fingerprint density at radius 3 is 2.17 bits per heavy atom. The van der Waals surface area contributed by atoms with Gasteiger partial charge < -0.3 is 15.5 Å². The van der Waals surface area contributed by atoms with E-state index < -0.39 is 17.8 Å². The van der Waals surface area contributed by atoms with Gasteiger partial charge in [-0.15, -0.1) is 0 Å². The highest BCUT2D eigenvalue weighted by Crippen LogP contribution is 2.30. The number of hydrogen-bond acceptors (Lipinski definition) is 3. The molecule has 9 heteroatoms. The molecule has 0 spiro atoms. The number of halogens is 3. The van der Waals surface area contributed by atoms with Gasteiger partial charge in [-0.25, -0.2) is 0 Å². The van der Waals surface area contributed by atoms with Crippen LogP contribution in [0, 0.1) is 12.8 Å². The zero-order chi connectivity index (χ0) is 25.2. The number of piperidine rings is 1. The van der Waals surface area contributed by atoms with Crippen LogP contribution in [0.2, 0.25) is 0 Å². The van der Waals surface area contributed by atoms with Gasteiger partial charge in [-0.05, 0) is 74.9 Å². The number of nitrogens with one attached hydrogen (secondary N) is 2. The van der Waals surface area contributed by atoms with Gasteiger partial charge in [-0.1, -0.05) is 17.7 Å². The Balaban J connectivity index is 1.41. The van der Waals surface area contributed by atoms with Crippen LogP contribution < -0.4 is 10.6 Å². The standard InChI is InChI=1S/C26H28F3N3O3/c1-16-3-2-4-19(15-16)23(33)31-22(24(34)30-21-9-10-21)17-11-13-32(14-12-17)25(35)18-5-7-20(8-6-18)26(27,28)29/h2-8,15,17,21-22H,9-14H2,1H3,(H,30,34)(H,31,33)/t22-/m0/s1. The van der Waals surface area contributed by atoms with Gasteiger partial charge in [0.2, 0.25) is 5.91 Å². The molecule has 2 N–H and O–H groups in total. The predicted molar refractivity (Wildman–Crippen MR) is 124 cm³/mol. The lowest BCUT2D eigenvalue weighted by Crippen LogP contribution is -2.54. The minimum Gasteiger partial charge on any atom is -0.352 e. The van der Waals surface area contributed by atoms with Crippen molar-refractivity contribution in [2.24, 2.45) is 5.92 Å². The van der Waals surface area contributed by atoms with Crippen LogP contribution in [0.15, 0.2) is 48.5 Å². The Labute approximate surface area is 201 Å². The summed E-state index contributed by atoms with van der Waals surface area (Å²) in [7, 11) is 0. The molecule has 1 heterocycles. The summed E-state index contributed by atoms with van der Waals surface area (Å²) in [4.78, 5) is 40.2. The fourth-order valence-corrected chi connectivity index (χ4v) is 4.35. The molecule has 0 unspecified atom stereocenters. The SMILES string of the molecule is Cc1cccc(C(=O)N[C@H](C(=O)NC2CC2)C2CCN(C(=O)c3ccc(C(F)(F)F)cc3)CC2)c1. The fourth-order valence-electron chi connectivity index (χ4n) is 4.35. The van der Waals surface area contributed by atoms with Crippen molar-refractivity contribution in [2.45, 2.75) is 50.9 Å². The molecule has 2 fully saturated rings.